The lowest BCUT2D eigenvalue weighted by atomic mass is 10.1. The molecule has 0 aliphatic heterocycles. The third-order valence-electron chi connectivity index (χ3n) is 2.32. The van der Waals surface area contributed by atoms with E-state index in [0.717, 1.165) is 38.3 Å². The highest BCUT2D eigenvalue weighted by Gasteiger charge is 2.07. The molecule has 5 heteroatoms. The van der Waals surface area contributed by atoms with Gasteiger partial charge in [0.25, 0.3) is 0 Å². The van der Waals surface area contributed by atoms with Crippen molar-refractivity contribution in [1.82, 2.24) is 14.8 Å². The second kappa shape index (κ2) is 6.53. The molecule has 0 bridgehead atoms. The van der Waals surface area contributed by atoms with Crippen molar-refractivity contribution in [2.24, 2.45) is 12.8 Å². The maximum Gasteiger partial charge on any atom is 0.138 e. The van der Waals surface area contributed by atoms with Crippen molar-refractivity contribution in [2.75, 3.05) is 13.2 Å². The molecule has 2 N–H and O–H groups in total. The number of aromatic nitrogens is 3. The fraction of sp³-hybridized carbons (Fsp3) is 0.800. The van der Waals surface area contributed by atoms with Crippen molar-refractivity contribution in [2.45, 2.75) is 32.2 Å². The Bertz CT molecular complexity index is 274. The number of hydrogen-bond donors (Lipinski definition) is 1. The first-order chi connectivity index (χ1) is 7.24. The average Bonchev–Trinajstić information content (AvgIpc) is 2.59. The second-order valence-electron chi connectivity index (χ2n) is 3.60. The molecule has 0 saturated carbocycles. The minimum absolute atomic E-state index is 0.147. The summed E-state index contributed by atoms with van der Waals surface area (Å²) in [6.45, 7) is 3.57. The first kappa shape index (κ1) is 12.1. The number of aryl methyl sites for hydroxylation is 1. The molecule has 86 valence electrons. The lowest BCUT2D eigenvalue weighted by molar-refractivity contribution is 0.142. The molecule has 0 aliphatic rings. The summed E-state index contributed by atoms with van der Waals surface area (Å²) in [5.41, 5.74) is 5.98. The first-order valence-electron chi connectivity index (χ1n) is 5.40. The highest BCUT2D eigenvalue weighted by molar-refractivity contribution is 4.87. The van der Waals surface area contributed by atoms with Gasteiger partial charge < -0.3 is 10.5 Å². The molecular weight excluding hydrogens is 192 g/mol. The van der Waals surface area contributed by atoms with Crippen LogP contribution in [0.5, 0.6) is 0 Å². The molecule has 1 heterocycles. The zero-order chi connectivity index (χ0) is 11.1. The lowest BCUT2D eigenvalue weighted by Crippen LogP contribution is -2.25. The smallest absolute Gasteiger partial charge is 0.138 e. The van der Waals surface area contributed by atoms with E-state index in [2.05, 4.69) is 10.1 Å². The Kier molecular flexibility index (Phi) is 5.28. The van der Waals surface area contributed by atoms with Gasteiger partial charge in [-0.1, -0.05) is 0 Å². The van der Waals surface area contributed by atoms with Crippen LogP contribution in [0.2, 0.25) is 0 Å². The highest BCUT2D eigenvalue weighted by atomic mass is 16.5. The molecule has 0 aromatic carbocycles. The van der Waals surface area contributed by atoms with E-state index in [1.807, 2.05) is 14.0 Å². The molecule has 1 aromatic heterocycles. The van der Waals surface area contributed by atoms with E-state index < -0.39 is 0 Å². The van der Waals surface area contributed by atoms with E-state index in [1.54, 1.807) is 11.0 Å². The lowest BCUT2D eigenvalue weighted by Gasteiger charge is -2.10. The fourth-order valence-electron chi connectivity index (χ4n) is 1.43. The van der Waals surface area contributed by atoms with Gasteiger partial charge in [-0.2, -0.15) is 5.10 Å². The topological polar surface area (TPSA) is 66.0 Å². The molecule has 0 aliphatic carbocycles. The van der Waals surface area contributed by atoms with Crippen LogP contribution in [0.1, 0.15) is 25.6 Å². The Balaban J connectivity index is 2.18. The molecule has 0 spiro atoms. The van der Waals surface area contributed by atoms with E-state index in [0.29, 0.717) is 0 Å². The van der Waals surface area contributed by atoms with Crippen molar-refractivity contribution in [3.05, 3.63) is 12.2 Å². The van der Waals surface area contributed by atoms with Gasteiger partial charge in [0.2, 0.25) is 0 Å². The normalized spacial score (nSPS) is 13.0. The van der Waals surface area contributed by atoms with E-state index in [9.17, 15) is 0 Å². The maximum absolute atomic E-state index is 5.98. The second-order valence-corrected chi connectivity index (χ2v) is 3.60. The predicted octanol–water partition coefficient (Wildman–Crippen LogP) is 0.502. The molecule has 1 atom stereocenters. The molecule has 0 amide bonds. The number of ether oxygens (including phenoxy) is 1. The minimum Gasteiger partial charge on any atom is -0.382 e. The summed E-state index contributed by atoms with van der Waals surface area (Å²) in [6.07, 6.45) is 4.31. The molecule has 0 radical (unpaired) electrons. The van der Waals surface area contributed by atoms with Crippen LogP contribution in [-0.2, 0) is 18.2 Å². The summed E-state index contributed by atoms with van der Waals surface area (Å²) >= 11 is 0. The molecule has 15 heavy (non-hydrogen) atoms. The molecular formula is C10H20N4O. The summed E-state index contributed by atoms with van der Waals surface area (Å²) < 4.78 is 7.02. The van der Waals surface area contributed by atoms with Crippen LogP contribution in [0.4, 0.5) is 0 Å². The zero-order valence-corrected chi connectivity index (χ0v) is 9.52. The summed E-state index contributed by atoms with van der Waals surface area (Å²) in [5.74, 6) is 0.943. The van der Waals surface area contributed by atoms with Crippen LogP contribution < -0.4 is 5.73 Å². The number of nitrogens with two attached hydrogens (primary N) is 1. The molecule has 5 nitrogen and oxygen atoms in total. The van der Waals surface area contributed by atoms with Gasteiger partial charge in [-0.15, -0.1) is 0 Å². The summed E-state index contributed by atoms with van der Waals surface area (Å²) in [7, 11) is 1.88. The van der Waals surface area contributed by atoms with Crippen molar-refractivity contribution < 1.29 is 4.74 Å². The molecule has 0 fully saturated rings. The predicted molar refractivity (Wildman–Crippen MR) is 58.4 cm³/mol. The van der Waals surface area contributed by atoms with Gasteiger partial charge in [0.05, 0.1) is 0 Å². The number of hydrogen-bond acceptors (Lipinski definition) is 4. The third kappa shape index (κ3) is 4.40. The molecule has 0 saturated heterocycles. The SMILES string of the molecule is CCOCCCC(N)Cc1ncnn1C. The highest BCUT2D eigenvalue weighted by Crippen LogP contribution is 2.02. The maximum atomic E-state index is 5.98. The zero-order valence-electron chi connectivity index (χ0n) is 9.52. The Hall–Kier alpha value is -0.940. The van der Waals surface area contributed by atoms with Crippen LogP contribution in [0.3, 0.4) is 0 Å². The monoisotopic (exact) mass is 212 g/mol. The quantitative estimate of drug-likeness (QED) is 0.668. The van der Waals surface area contributed by atoms with Gasteiger partial charge in [0.15, 0.2) is 0 Å². The van der Waals surface area contributed by atoms with Crippen LogP contribution in [-0.4, -0.2) is 34.0 Å². The van der Waals surface area contributed by atoms with Crippen LogP contribution in [0, 0.1) is 0 Å². The third-order valence-corrected chi connectivity index (χ3v) is 2.32. The Morgan fingerprint density at radius 1 is 1.60 bits per heavy atom. The number of nitrogens with zero attached hydrogens (tertiary/aromatic N) is 3. The van der Waals surface area contributed by atoms with Gasteiger partial charge in [-0.3, -0.25) is 4.68 Å². The van der Waals surface area contributed by atoms with Gasteiger partial charge in [-0.05, 0) is 19.8 Å². The molecule has 1 rings (SSSR count). The van der Waals surface area contributed by atoms with Crippen molar-refractivity contribution in [3.63, 3.8) is 0 Å². The number of rotatable bonds is 7. The van der Waals surface area contributed by atoms with Crippen LogP contribution in [0.25, 0.3) is 0 Å². The van der Waals surface area contributed by atoms with Crippen LogP contribution in [0.15, 0.2) is 6.33 Å². The summed E-state index contributed by atoms with van der Waals surface area (Å²) in [5, 5.41) is 4.00. The summed E-state index contributed by atoms with van der Waals surface area (Å²) in [4.78, 5) is 4.14. The fourth-order valence-corrected chi connectivity index (χ4v) is 1.43. The van der Waals surface area contributed by atoms with Gasteiger partial charge in [0.1, 0.15) is 12.2 Å². The first-order valence-corrected chi connectivity index (χ1v) is 5.40. The Morgan fingerprint density at radius 2 is 2.40 bits per heavy atom. The van der Waals surface area contributed by atoms with Crippen LogP contribution >= 0.6 is 0 Å². The molecule has 1 aromatic rings. The average molecular weight is 212 g/mol. The van der Waals surface area contributed by atoms with E-state index in [-0.39, 0.29) is 6.04 Å². The van der Waals surface area contributed by atoms with E-state index in [4.69, 9.17) is 10.5 Å². The van der Waals surface area contributed by atoms with Gasteiger partial charge in [-0.25, -0.2) is 4.98 Å². The van der Waals surface area contributed by atoms with Crippen molar-refractivity contribution in [3.8, 4) is 0 Å². The minimum atomic E-state index is 0.147. The van der Waals surface area contributed by atoms with Crippen molar-refractivity contribution in [1.29, 1.82) is 0 Å². The largest absolute Gasteiger partial charge is 0.382 e. The van der Waals surface area contributed by atoms with Crippen molar-refractivity contribution >= 4 is 0 Å². The van der Waals surface area contributed by atoms with E-state index >= 15 is 0 Å². The standard InChI is InChI=1S/C10H20N4O/c1-3-15-6-4-5-9(11)7-10-12-8-13-14(10)2/h8-9H,3-7,11H2,1-2H3. The molecule has 1 unspecified atom stereocenters. The van der Waals surface area contributed by atoms with Gasteiger partial charge >= 0.3 is 0 Å². The Morgan fingerprint density at radius 3 is 3.00 bits per heavy atom. The Labute approximate surface area is 90.6 Å². The van der Waals surface area contributed by atoms with Gasteiger partial charge in [0, 0.05) is 32.7 Å². The summed E-state index contributed by atoms with van der Waals surface area (Å²) in [6, 6.07) is 0.147. The van der Waals surface area contributed by atoms with E-state index in [1.165, 1.54) is 0 Å².